The predicted octanol–water partition coefficient (Wildman–Crippen LogP) is 4.38. The van der Waals surface area contributed by atoms with Gasteiger partial charge in [0.25, 0.3) is 0 Å². The zero-order valence-corrected chi connectivity index (χ0v) is 13.4. The molecule has 1 aliphatic carbocycles. The van der Waals surface area contributed by atoms with Crippen molar-refractivity contribution in [2.45, 2.75) is 57.0 Å². The molecule has 2 fully saturated rings. The highest BCUT2D eigenvalue weighted by atomic mass is 35.5. The summed E-state index contributed by atoms with van der Waals surface area (Å²) in [4.78, 5) is 13.8. The van der Waals surface area contributed by atoms with E-state index in [0.717, 1.165) is 30.7 Å². The molecule has 21 heavy (non-hydrogen) atoms. The topological polar surface area (TPSA) is 29.5 Å². The molecule has 0 aromatic heterocycles. The highest BCUT2D eigenvalue weighted by molar-refractivity contribution is 6.30. The molecule has 1 saturated carbocycles. The van der Waals surface area contributed by atoms with Crippen molar-refractivity contribution in [2.24, 2.45) is 0 Å². The molecule has 1 saturated heterocycles. The summed E-state index contributed by atoms with van der Waals surface area (Å²) in [5, 5.41) is 0.799. The van der Waals surface area contributed by atoms with E-state index in [2.05, 4.69) is 26.0 Å². The van der Waals surface area contributed by atoms with Gasteiger partial charge >= 0.3 is 6.09 Å². The predicted molar refractivity (Wildman–Crippen MR) is 83.7 cm³/mol. The number of ether oxygens (including phenoxy) is 1. The Balaban J connectivity index is 1.71. The smallest absolute Gasteiger partial charge is 0.410 e. The van der Waals surface area contributed by atoms with E-state index >= 15 is 0 Å². The summed E-state index contributed by atoms with van der Waals surface area (Å²) in [7, 11) is 0. The maximum Gasteiger partial charge on any atom is 0.410 e. The molecule has 1 amide bonds. The summed E-state index contributed by atoms with van der Waals surface area (Å²) in [5.41, 5.74) is 1.47. The summed E-state index contributed by atoms with van der Waals surface area (Å²) < 4.78 is 5.15. The Morgan fingerprint density at radius 1 is 1.33 bits per heavy atom. The lowest BCUT2D eigenvalue weighted by atomic mass is 9.69. The second-order valence-corrected chi connectivity index (χ2v) is 7.07. The molecule has 1 atom stereocenters. The average Bonchev–Trinajstić information content (AvgIpc) is 2.80. The lowest BCUT2D eigenvalue weighted by molar-refractivity contribution is 0.121. The number of hydrogen-bond acceptors (Lipinski definition) is 2. The number of cyclic esters (lactones) is 1. The van der Waals surface area contributed by atoms with Crippen molar-refractivity contribution in [3.05, 3.63) is 34.9 Å². The van der Waals surface area contributed by atoms with Crippen LogP contribution in [0, 0.1) is 0 Å². The Morgan fingerprint density at radius 2 is 2.05 bits per heavy atom. The lowest BCUT2D eigenvalue weighted by Gasteiger charge is -2.41. The lowest BCUT2D eigenvalue weighted by Crippen LogP contribution is -2.45. The van der Waals surface area contributed by atoms with Gasteiger partial charge in [0, 0.05) is 11.1 Å². The van der Waals surface area contributed by atoms with E-state index in [-0.39, 0.29) is 17.6 Å². The monoisotopic (exact) mass is 307 g/mol. The number of hydrogen-bond donors (Lipinski definition) is 0. The van der Waals surface area contributed by atoms with Gasteiger partial charge in [-0.25, -0.2) is 4.79 Å². The molecule has 0 bridgehead atoms. The third-order valence-electron chi connectivity index (χ3n) is 5.11. The molecule has 0 spiro atoms. The van der Waals surface area contributed by atoms with Crippen LogP contribution in [-0.4, -0.2) is 29.7 Å². The fraction of sp³-hybridized carbons (Fsp3) is 0.588. The molecule has 114 valence electrons. The number of benzene rings is 1. The Hall–Kier alpha value is -1.22. The zero-order chi connectivity index (χ0) is 15.0. The third-order valence-corrected chi connectivity index (χ3v) is 5.34. The molecule has 1 aromatic rings. The molecule has 1 aromatic carbocycles. The van der Waals surface area contributed by atoms with Crippen LogP contribution in [0.5, 0.6) is 0 Å². The average molecular weight is 308 g/mol. The van der Waals surface area contributed by atoms with Crippen LogP contribution < -0.4 is 0 Å². The maximum atomic E-state index is 11.8. The Kier molecular flexibility index (Phi) is 3.87. The molecular formula is C17H22ClNO2. The van der Waals surface area contributed by atoms with E-state index in [1.807, 2.05) is 17.0 Å². The summed E-state index contributed by atoms with van der Waals surface area (Å²) >= 11 is 6.13. The molecular weight excluding hydrogens is 286 g/mol. The number of nitrogens with zero attached hydrogens (tertiary/aromatic N) is 1. The molecule has 2 aliphatic rings. The third kappa shape index (κ3) is 2.76. The molecule has 0 radical (unpaired) electrons. The highest BCUT2D eigenvalue weighted by Gasteiger charge is 2.40. The Morgan fingerprint density at radius 3 is 2.62 bits per heavy atom. The number of rotatable bonds is 2. The van der Waals surface area contributed by atoms with Gasteiger partial charge in [-0.3, -0.25) is 4.90 Å². The van der Waals surface area contributed by atoms with Gasteiger partial charge in [0.05, 0.1) is 6.04 Å². The van der Waals surface area contributed by atoms with Gasteiger partial charge in [-0.2, -0.15) is 0 Å². The first-order valence-electron chi connectivity index (χ1n) is 7.71. The number of carbonyl (C=O) groups is 1. The fourth-order valence-corrected chi connectivity index (χ4v) is 3.90. The quantitative estimate of drug-likeness (QED) is 0.811. The molecule has 3 nitrogen and oxygen atoms in total. The minimum Gasteiger partial charge on any atom is -0.447 e. The number of halogens is 1. The van der Waals surface area contributed by atoms with Gasteiger partial charge in [0.1, 0.15) is 6.61 Å². The van der Waals surface area contributed by atoms with Crippen molar-refractivity contribution >= 4 is 17.7 Å². The number of amides is 1. The Labute approximate surface area is 131 Å². The van der Waals surface area contributed by atoms with Gasteiger partial charge in [0.2, 0.25) is 0 Å². The van der Waals surface area contributed by atoms with Crippen molar-refractivity contribution in [1.82, 2.24) is 4.90 Å². The number of carbonyl (C=O) groups excluding carboxylic acids is 1. The van der Waals surface area contributed by atoms with E-state index in [9.17, 15) is 4.79 Å². The first kappa shape index (κ1) is 14.7. The zero-order valence-electron chi connectivity index (χ0n) is 12.6. The van der Waals surface area contributed by atoms with E-state index in [4.69, 9.17) is 16.3 Å². The van der Waals surface area contributed by atoms with Crippen molar-refractivity contribution in [2.75, 3.05) is 6.61 Å². The highest BCUT2D eigenvalue weighted by Crippen LogP contribution is 2.41. The van der Waals surface area contributed by atoms with E-state index in [1.54, 1.807) is 0 Å². The van der Waals surface area contributed by atoms with Crippen LogP contribution in [0.1, 0.15) is 45.1 Å². The van der Waals surface area contributed by atoms with Crippen LogP contribution in [0.3, 0.4) is 0 Å². The van der Waals surface area contributed by atoms with Gasteiger partial charge in [-0.05, 0) is 55.7 Å². The van der Waals surface area contributed by atoms with Gasteiger partial charge in [-0.1, -0.05) is 30.7 Å². The summed E-state index contributed by atoms with van der Waals surface area (Å²) in [6.45, 7) is 4.90. The first-order chi connectivity index (χ1) is 9.99. The molecule has 1 aliphatic heterocycles. The summed E-state index contributed by atoms with van der Waals surface area (Å²) in [6, 6.07) is 8.71. The van der Waals surface area contributed by atoms with E-state index in [1.165, 1.54) is 5.56 Å². The van der Waals surface area contributed by atoms with Crippen molar-refractivity contribution in [1.29, 1.82) is 0 Å². The van der Waals surface area contributed by atoms with Crippen LogP contribution in [0.15, 0.2) is 24.3 Å². The van der Waals surface area contributed by atoms with Crippen molar-refractivity contribution in [3.8, 4) is 0 Å². The van der Waals surface area contributed by atoms with E-state index in [0.29, 0.717) is 12.6 Å². The molecule has 0 unspecified atom stereocenters. The van der Waals surface area contributed by atoms with Gasteiger partial charge in [0.15, 0.2) is 0 Å². The fourth-order valence-electron chi connectivity index (χ4n) is 3.71. The van der Waals surface area contributed by atoms with Crippen molar-refractivity contribution < 1.29 is 9.53 Å². The van der Waals surface area contributed by atoms with Gasteiger partial charge < -0.3 is 4.74 Å². The van der Waals surface area contributed by atoms with Crippen LogP contribution >= 0.6 is 11.6 Å². The normalized spacial score (nSPS) is 33.1. The van der Waals surface area contributed by atoms with Crippen LogP contribution in [0.2, 0.25) is 5.02 Å². The molecule has 0 N–H and O–H groups in total. The summed E-state index contributed by atoms with van der Waals surface area (Å²) in [5.74, 6) is 0. The minimum absolute atomic E-state index is 0.140. The maximum absolute atomic E-state index is 11.8. The second-order valence-electron chi connectivity index (χ2n) is 6.64. The van der Waals surface area contributed by atoms with Crippen LogP contribution in [-0.2, 0) is 10.2 Å². The molecule has 4 heteroatoms. The SMILES string of the molecule is C[C@H]1COC(=O)N1[C@H]1CC[C@](C)(c2cccc(Cl)c2)CC1. The molecule has 1 heterocycles. The Bertz CT molecular complexity index is 537. The standard InChI is InChI=1S/C17H22ClNO2/c1-12-11-21-16(20)19(12)15-6-8-17(2,9-7-15)13-4-3-5-14(18)10-13/h3-5,10,12,15H,6-9,11H2,1-2H3/t12-,15-,17-/m0/s1. The summed E-state index contributed by atoms with van der Waals surface area (Å²) in [6.07, 6.45) is 4.08. The van der Waals surface area contributed by atoms with E-state index < -0.39 is 0 Å². The van der Waals surface area contributed by atoms with Crippen LogP contribution in [0.25, 0.3) is 0 Å². The van der Waals surface area contributed by atoms with Crippen molar-refractivity contribution in [3.63, 3.8) is 0 Å². The van der Waals surface area contributed by atoms with Crippen LogP contribution in [0.4, 0.5) is 4.79 Å². The molecule has 3 rings (SSSR count). The largest absolute Gasteiger partial charge is 0.447 e. The van der Waals surface area contributed by atoms with Gasteiger partial charge in [-0.15, -0.1) is 0 Å². The second kappa shape index (κ2) is 5.53. The first-order valence-corrected chi connectivity index (χ1v) is 8.08. The minimum atomic E-state index is -0.140.